The number of hydrogen-bond acceptors (Lipinski definition) is 4. The van der Waals surface area contributed by atoms with E-state index in [4.69, 9.17) is 16.0 Å². The molecular weight excluding hydrogens is 282 g/mol. The van der Waals surface area contributed by atoms with Gasteiger partial charge in [0.1, 0.15) is 5.82 Å². The molecule has 0 aliphatic heterocycles. The predicted molar refractivity (Wildman–Crippen MR) is 62.9 cm³/mol. The van der Waals surface area contributed by atoms with Gasteiger partial charge in [-0.15, -0.1) is 11.6 Å². The number of benzene rings is 1. The summed E-state index contributed by atoms with van der Waals surface area (Å²) in [6, 6.07) is 1.56. The van der Waals surface area contributed by atoms with Crippen molar-refractivity contribution in [2.45, 2.75) is 6.42 Å². The molecule has 100 valence electrons. The van der Waals surface area contributed by atoms with E-state index >= 15 is 0 Å². The zero-order valence-corrected chi connectivity index (χ0v) is 10.2. The fraction of sp³-hybridized carbons (Fsp3) is 0.182. The second-order valence-corrected chi connectivity index (χ2v) is 3.95. The molecule has 1 heterocycles. The zero-order valence-electron chi connectivity index (χ0n) is 9.40. The summed E-state index contributed by atoms with van der Waals surface area (Å²) in [6.45, 7) is 0. The molecule has 0 saturated heterocycles. The number of nitro groups is 1. The fourth-order valence-corrected chi connectivity index (χ4v) is 1.69. The largest absolute Gasteiger partial charge is 0.440 e. The maximum atomic E-state index is 13.9. The van der Waals surface area contributed by atoms with Crippen LogP contribution in [0.3, 0.4) is 0 Å². The van der Waals surface area contributed by atoms with Crippen LogP contribution in [0.4, 0.5) is 14.5 Å². The Morgan fingerprint density at radius 1 is 1.42 bits per heavy atom. The average molecular weight is 289 g/mol. The molecule has 0 saturated carbocycles. The smallest absolute Gasteiger partial charge is 0.305 e. The molecule has 0 amide bonds. The number of rotatable bonds is 4. The molecular formula is C11H7ClF2N2O3. The molecule has 0 N–H and O–H groups in total. The monoisotopic (exact) mass is 288 g/mol. The Labute approximate surface area is 111 Å². The number of nitro benzene ring substituents is 1. The van der Waals surface area contributed by atoms with E-state index in [9.17, 15) is 18.9 Å². The van der Waals surface area contributed by atoms with E-state index in [-0.39, 0.29) is 17.5 Å². The van der Waals surface area contributed by atoms with Crippen molar-refractivity contribution in [2.75, 3.05) is 5.88 Å². The molecule has 8 heteroatoms. The van der Waals surface area contributed by atoms with Crippen molar-refractivity contribution in [1.82, 2.24) is 4.98 Å². The SMILES string of the molecule is O=[N+]([O-])c1ccc(F)c(-c2cnc(CCCl)o2)c1F. The van der Waals surface area contributed by atoms with E-state index in [2.05, 4.69) is 4.98 Å². The minimum absolute atomic E-state index is 0.204. The highest BCUT2D eigenvalue weighted by molar-refractivity contribution is 6.17. The Morgan fingerprint density at radius 3 is 2.79 bits per heavy atom. The summed E-state index contributed by atoms with van der Waals surface area (Å²) in [5, 5.41) is 10.6. The normalized spacial score (nSPS) is 10.7. The van der Waals surface area contributed by atoms with Crippen molar-refractivity contribution in [1.29, 1.82) is 0 Å². The second-order valence-electron chi connectivity index (χ2n) is 3.57. The van der Waals surface area contributed by atoms with E-state index in [1.807, 2.05) is 0 Å². The summed E-state index contributed by atoms with van der Waals surface area (Å²) in [6.07, 6.45) is 1.40. The fourth-order valence-electron chi connectivity index (χ4n) is 1.53. The van der Waals surface area contributed by atoms with Crippen molar-refractivity contribution in [2.24, 2.45) is 0 Å². The molecule has 19 heavy (non-hydrogen) atoms. The first kappa shape index (κ1) is 13.4. The third-order valence-corrected chi connectivity index (χ3v) is 2.56. The van der Waals surface area contributed by atoms with Gasteiger partial charge in [0, 0.05) is 18.4 Å². The molecule has 0 fully saturated rings. The van der Waals surface area contributed by atoms with Gasteiger partial charge in [0.05, 0.1) is 16.7 Å². The van der Waals surface area contributed by atoms with Crippen LogP contribution in [0, 0.1) is 21.7 Å². The van der Waals surface area contributed by atoms with Crippen molar-refractivity contribution in [3.05, 3.63) is 46.0 Å². The van der Waals surface area contributed by atoms with Crippen LogP contribution in [-0.4, -0.2) is 15.8 Å². The molecule has 2 aromatic rings. The topological polar surface area (TPSA) is 69.2 Å². The van der Waals surface area contributed by atoms with Gasteiger partial charge >= 0.3 is 5.69 Å². The van der Waals surface area contributed by atoms with Gasteiger partial charge in [0.15, 0.2) is 11.7 Å². The summed E-state index contributed by atoms with van der Waals surface area (Å²) in [7, 11) is 0. The lowest BCUT2D eigenvalue weighted by Crippen LogP contribution is -1.97. The van der Waals surface area contributed by atoms with Gasteiger partial charge in [0.2, 0.25) is 5.82 Å². The van der Waals surface area contributed by atoms with Crippen LogP contribution < -0.4 is 0 Å². The Morgan fingerprint density at radius 2 is 2.16 bits per heavy atom. The van der Waals surface area contributed by atoms with Crippen LogP contribution in [0.2, 0.25) is 0 Å². The Kier molecular flexibility index (Phi) is 3.75. The molecule has 1 aromatic heterocycles. The van der Waals surface area contributed by atoms with Crippen molar-refractivity contribution in [3.63, 3.8) is 0 Å². The van der Waals surface area contributed by atoms with Gasteiger partial charge in [-0.25, -0.2) is 9.37 Å². The lowest BCUT2D eigenvalue weighted by molar-refractivity contribution is -0.387. The first-order valence-electron chi connectivity index (χ1n) is 5.18. The zero-order chi connectivity index (χ0) is 14.0. The highest BCUT2D eigenvalue weighted by Gasteiger charge is 2.24. The molecule has 0 bridgehead atoms. The minimum Gasteiger partial charge on any atom is -0.440 e. The third kappa shape index (κ3) is 2.55. The number of oxazole rings is 1. The lowest BCUT2D eigenvalue weighted by Gasteiger charge is -2.01. The minimum atomic E-state index is -1.29. The van der Waals surface area contributed by atoms with E-state index in [1.165, 1.54) is 0 Å². The number of nitrogens with zero attached hydrogens (tertiary/aromatic N) is 2. The number of aromatic nitrogens is 1. The quantitative estimate of drug-likeness (QED) is 0.492. The number of alkyl halides is 1. The molecule has 0 unspecified atom stereocenters. The molecule has 0 aliphatic rings. The van der Waals surface area contributed by atoms with Crippen LogP contribution in [0.1, 0.15) is 5.89 Å². The van der Waals surface area contributed by atoms with E-state index in [0.717, 1.165) is 18.3 Å². The average Bonchev–Trinajstić information content (AvgIpc) is 2.77. The van der Waals surface area contributed by atoms with Crippen molar-refractivity contribution in [3.8, 4) is 11.3 Å². The first-order valence-corrected chi connectivity index (χ1v) is 5.71. The number of aryl methyl sites for hydroxylation is 1. The Balaban J connectivity index is 2.53. The Bertz CT molecular complexity index is 630. The van der Waals surface area contributed by atoms with Gasteiger partial charge < -0.3 is 4.42 Å². The molecule has 5 nitrogen and oxygen atoms in total. The third-order valence-electron chi connectivity index (χ3n) is 2.38. The van der Waals surface area contributed by atoms with Gasteiger partial charge in [-0.3, -0.25) is 10.1 Å². The van der Waals surface area contributed by atoms with Crippen LogP contribution in [0.5, 0.6) is 0 Å². The van der Waals surface area contributed by atoms with E-state index in [0.29, 0.717) is 6.42 Å². The van der Waals surface area contributed by atoms with Crippen LogP contribution >= 0.6 is 11.6 Å². The van der Waals surface area contributed by atoms with Gasteiger partial charge in [-0.05, 0) is 6.07 Å². The highest BCUT2D eigenvalue weighted by atomic mass is 35.5. The van der Waals surface area contributed by atoms with Crippen molar-refractivity contribution < 1.29 is 18.1 Å². The number of hydrogen-bond donors (Lipinski definition) is 0. The van der Waals surface area contributed by atoms with Gasteiger partial charge in [-0.2, -0.15) is 4.39 Å². The van der Waals surface area contributed by atoms with Gasteiger partial charge in [-0.1, -0.05) is 0 Å². The van der Waals surface area contributed by atoms with E-state index in [1.54, 1.807) is 0 Å². The summed E-state index contributed by atoms with van der Waals surface area (Å²) >= 11 is 5.48. The van der Waals surface area contributed by atoms with Crippen molar-refractivity contribution >= 4 is 17.3 Å². The highest BCUT2D eigenvalue weighted by Crippen LogP contribution is 2.32. The maximum absolute atomic E-state index is 13.9. The molecule has 0 radical (unpaired) electrons. The van der Waals surface area contributed by atoms with Crippen LogP contribution in [0.15, 0.2) is 22.7 Å². The maximum Gasteiger partial charge on any atom is 0.305 e. The molecule has 0 spiro atoms. The Hall–Kier alpha value is -2.02. The summed E-state index contributed by atoms with van der Waals surface area (Å²) in [5.74, 6) is -2.02. The molecule has 0 aliphatic carbocycles. The summed E-state index contributed by atoms with van der Waals surface area (Å²) in [4.78, 5) is 13.5. The number of halogens is 3. The molecule has 2 rings (SSSR count). The predicted octanol–water partition coefficient (Wildman–Crippen LogP) is 3.31. The summed E-state index contributed by atoms with van der Waals surface area (Å²) in [5.41, 5.74) is -1.44. The van der Waals surface area contributed by atoms with Crippen LogP contribution in [-0.2, 0) is 6.42 Å². The summed E-state index contributed by atoms with van der Waals surface area (Å²) < 4.78 is 32.6. The lowest BCUT2D eigenvalue weighted by atomic mass is 10.1. The van der Waals surface area contributed by atoms with Gasteiger partial charge in [0.25, 0.3) is 0 Å². The van der Waals surface area contributed by atoms with E-state index < -0.39 is 27.8 Å². The second kappa shape index (κ2) is 5.31. The molecule has 1 aromatic carbocycles. The van der Waals surface area contributed by atoms with Crippen LogP contribution in [0.25, 0.3) is 11.3 Å². The standard InChI is InChI=1S/C11H7ClF2N2O3/c12-4-3-9-15-5-8(19-9)10-6(13)1-2-7(11(10)14)16(17)18/h1-2,5H,3-4H2. The molecule has 0 atom stereocenters. The first-order chi connectivity index (χ1) is 9.04.